The number of rotatable bonds is 3. The van der Waals surface area contributed by atoms with E-state index in [9.17, 15) is 0 Å². The number of benzene rings is 2. The Morgan fingerprint density at radius 3 is 2.58 bits per heavy atom. The van der Waals surface area contributed by atoms with E-state index in [-0.39, 0.29) is 0 Å². The average Bonchev–Trinajstić information content (AvgIpc) is 3.29. The second-order valence-corrected chi connectivity index (χ2v) is 6.32. The maximum absolute atomic E-state index is 7.37. The predicted octanol–water partition coefficient (Wildman–Crippen LogP) is 5.40. The molecule has 0 atom stereocenters. The van der Waals surface area contributed by atoms with Crippen LogP contribution in [-0.4, -0.2) is 14.1 Å². The Hall–Kier alpha value is -3.58. The standard InChI is InChI=1S/C22H18N4/c1-16-9-10-18(13-20(16)23-2)22-24-11-12-26(22)21-15-25(3)14-19(21)17-7-5-4-6-8-17/h4-15H,1,3H3. The van der Waals surface area contributed by atoms with Crippen molar-refractivity contribution in [1.82, 2.24) is 14.1 Å². The molecule has 4 heteroatoms. The second kappa shape index (κ2) is 6.38. The molecule has 2 aromatic carbocycles. The first kappa shape index (κ1) is 15.9. The fourth-order valence-electron chi connectivity index (χ4n) is 3.18. The molecule has 0 bridgehead atoms. The molecular formula is C22H18N4. The van der Waals surface area contributed by atoms with E-state index < -0.39 is 0 Å². The van der Waals surface area contributed by atoms with E-state index in [0.29, 0.717) is 5.69 Å². The van der Waals surface area contributed by atoms with Crippen molar-refractivity contribution in [1.29, 1.82) is 0 Å². The van der Waals surface area contributed by atoms with Crippen molar-refractivity contribution in [2.45, 2.75) is 6.92 Å². The van der Waals surface area contributed by atoms with Crippen molar-refractivity contribution in [3.8, 4) is 28.2 Å². The number of imidazole rings is 1. The minimum absolute atomic E-state index is 0.661. The van der Waals surface area contributed by atoms with Gasteiger partial charge in [0.2, 0.25) is 0 Å². The van der Waals surface area contributed by atoms with Gasteiger partial charge in [-0.15, -0.1) is 0 Å². The van der Waals surface area contributed by atoms with Gasteiger partial charge >= 0.3 is 0 Å². The highest BCUT2D eigenvalue weighted by Crippen LogP contribution is 2.32. The second-order valence-electron chi connectivity index (χ2n) is 6.32. The molecule has 4 aromatic rings. The molecule has 0 fully saturated rings. The van der Waals surface area contributed by atoms with Crippen molar-refractivity contribution >= 4 is 5.69 Å². The monoisotopic (exact) mass is 338 g/mol. The Balaban J connectivity index is 1.88. The summed E-state index contributed by atoms with van der Waals surface area (Å²) < 4.78 is 4.14. The summed E-state index contributed by atoms with van der Waals surface area (Å²) in [5, 5.41) is 0. The van der Waals surface area contributed by atoms with Crippen molar-refractivity contribution < 1.29 is 0 Å². The highest BCUT2D eigenvalue weighted by atomic mass is 15.1. The summed E-state index contributed by atoms with van der Waals surface area (Å²) in [6.07, 6.45) is 7.98. The molecule has 126 valence electrons. The summed E-state index contributed by atoms with van der Waals surface area (Å²) in [5.41, 5.74) is 5.95. The maximum atomic E-state index is 7.37. The van der Waals surface area contributed by atoms with Gasteiger partial charge in [-0.3, -0.25) is 4.57 Å². The summed E-state index contributed by atoms with van der Waals surface area (Å²) in [6.45, 7) is 9.32. The van der Waals surface area contributed by atoms with Crippen LogP contribution in [0.1, 0.15) is 5.56 Å². The molecule has 0 saturated heterocycles. The fourth-order valence-corrected chi connectivity index (χ4v) is 3.18. The lowest BCUT2D eigenvalue weighted by Gasteiger charge is -2.10. The molecule has 0 N–H and O–H groups in total. The van der Waals surface area contributed by atoms with Gasteiger partial charge in [0.1, 0.15) is 5.82 Å². The molecule has 0 aliphatic carbocycles. The Bertz CT molecular complexity index is 1110. The van der Waals surface area contributed by atoms with Crippen molar-refractivity contribution in [2.75, 3.05) is 0 Å². The summed E-state index contributed by atoms with van der Waals surface area (Å²) in [4.78, 5) is 8.18. The molecule has 0 spiro atoms. The van der Waals surface area contributed by atoms with Crippen LogP contribution >= 0.6 is 0 Å². The van der Waals surface area contributed by atoms with Crippen LogP contribution in [0.4, 0.5) is 5.69 Å². The Morgan fingerprint density at radius 2 is 1.81 bits per heavy atom. The third-order valence-electron chi connectivity index (χ3n) is 4.51. The van der Waals surface area contributed by atoms with Crippen LogP contribution < -0.4 is 0 Å². The zero-order valence-corrected chi connectivity index (χ0v) is 14.7. The highest BCUT2D eigenvalue weighted by Gasteiger charge is 2.15. The molecule has 0 radical (unpaired) electrons. The van der Waals surface area contributed by atoms with E-state index in [1.807, 2.05) is 56.6 Å². The lowest BCUT2D eigenvalue weighted by molar-refractivity contribution is 0.919. The maximum Gasteiger partial charge on any atom is 0.190 e. The molecular weight excluding hydrogens is 320 g/mol. The lowest BCUT2D eigenvalue weighted by atomic mass is 10.1. The molecule has 0 unspecified atom stereocenters. The van der Waals surface area contributed by atoms with Crippen LogP contribution in [0.5, 0.6) is 0 Å². The third-order valence-corrected chi connectivity index (χ3v) is 4.51. The number of aryl methyl sites for hydroxylation is 2. The van der Waals surface area contributed by atoms with Crippen LogP contribution in [0.2, 0.25) is 0 Å². The molecule has 0 aliphatic rings. The first-order chi connectivity index (χ1) is 12.7. The Morgan fingerprint density at radius 1 is 1.00 bits per heavy atom. The van der Waals surface area contributed by atoms with Crippen LogP contribution in [0.15, 0.2) is 73.3 Å². The van der Waals surface area contributed by atoms with Crippen LogP contribution in [-0.2, 0) is 7.05 Å². The molecule has 2 aromatic heterocycles. The van der Waals surface area contributed by atoms with E-state index in [1.165, 1.54) is 0 Å². The average molecular weight is 338 g/mol. The first-order valence-electron chi connectivity index (χ1n) is 8.41. The lowest BCUT2D eigenvalue weighted by Crippen LogP contribution is -1.97. The van der Waals surface area contributed by atoms with Gasteiger partial charge in [-0.2, -0.15) is 0 Å². The number of nitrogens with zero attached hydrogens (tertiary/aromatic N) is 4. The molecule has 2 heterocycles. The molecule has 0 aliphatic heterocycles. The van der Waals surface area contributed by atoms with Crippen LogP contribution in [0, 0.1) is 13.5 Å². The van der Waals surface area contributed by atoms with E-state index in [4.69, 9.17) is 6.57 Å². The van der Waals surface area contributed by atoms with Crippen molar-refractivity contribution in [3.63, 3.8) is 0 Å². The van der Waals surface area contributed by atoms with Gasteiger partial charge in [-0.25, -0.2) is 9.83 Å². The zero-order chi connectivity index (χ0) is 18.1. The highest BCUT2D eigenvalue weighted by molar-refractivity contribution is 5.75. The minimum atomic E-state index is 0.661. The largest absolute Gasteiger partial charge is 0.354 e. The summed E-state index contributed by atoms with van der Waals surface area (Å²) in [7, 11) is 2.02. The number of aromatic nitrogens is 3. The van der Waals surface area contributed by atoms with Crippen molar-refractivity contribution in [3.05, 3.63) is 90.3 Å². The Labute approximate surface area is 152 Å². The quantitative estimate of drug-likeness (QED) is 0.459. The predicted molar refractivity (Wildman–Crippen MR) is 104 cm³/mol. The van der Waals surface area contributed by atoms with Gasteiger partial charge in [0.25, 0.3) is 0 Å². The molecule has 4 nitrogen and oxygen atoms in total. The molecule has 4 rings (SSSR count). The molecule has 26 heavy (non-hydrogen) atoms. The van der Waals surface area contributed by atoms with E-state index in [1.54, 1.807) is 6.20 Å². The third kappa shape index (κ3) is 2.70. The molecule has 0 amide bonds. The first-order valence-corrected chi connectivity index (χ1v) is 8.41. The van der Waals surface area contributed by atoms with Gasteiger partial charge in [-0.1, -0.05) is 42.5 Å². The SMILES string of the molecule is [C-]#[N+]c1cc(-c2nccn2-c2cn(C)cc2-c2ccccc2)ccc1C. The van der Waals surface area contributed by atoms with Gasteiger partial charge in [0, 0.05) is 43.0 Å². The van der Waals surface area contributed by atoms with Crippen LogP contribution in [0.3, 0.4) is 0 Å². The molecule has 0 saturated carbocycles. The topological polar surface area (TPSA) is 27.1 Å². The van der Waals surface area contributed by atoms with E-state index in [2.05, 4.69) is 43.5 Å². The Kier molecular flexibility index (Phi) is 3.91. The normalized spacial score (nSPS) is 10.7. The van der Waals surface area contributed by atoms with Gasteiger partial charge < -0.3 is 4.57 Å². The van der Waals surface area contributed by atoms with Gasteiger partial charge in [0.15, 0.2) is 5.69 Å². The summed E-state index contributed by atoms with van der Waals surface area (Å²) >= 11 is 0. The summed E-state index contributed by atoms with van der Waals surface area (Å²) in [6, 6.07) is 16.2. The van der Waals surface area contributed by atoms with Gasteiger partial charge in [-0.05, 0) is 24.1 Å². The van der Waals surface area contributed by atoms with E-state index in [0.717, 1.165) is 33.8 Å². The smallest absolute Gasteiger partial charge is 0.190 e. The number of hydrogen-bond donors (Lipinski definition) is 0. The summed E-state index contributed by atoms with van der Waals surface area (Å²) in [5.74, 6) is 0.832. The zero-order valence-electron chi connectivity index (χ0n) is 14.7. The van der Waals surface area contributed by atoms with Crippen molar-refractivity contribution in [2.24, 2.45) is 7.05 Å². The van der Waals surface area contributed by atoms with Crippen LogP contribution in [0.25, 0.3) is 33.0 Å². The minimum Gasteiger partial charge on any atom is -0.354 e. The number of hydrogen-bond acceptors (Lipinski definition) is 1. The fraction of sp³-hybridized carbons (Fsp3) is 0.0909. The van der Waals surface area contributed by atoms with Gasteiger partial charge in [0.05, 0.1) is 12.3 Å². The van der Waals surface area contributed by atoms with E-state index >= 15 is 0 Å².